The molecule has 0 unspecified atom stereocenters. The molecule has 1 N–H and O–H groups in total. The van der Waals surface area contributed by atoms with Crippen LogP contribution in [0.25, 0.3) is 0 Å². The van der Waals surface area contributed by atoms with Crippen LogP contribution in [-0.2, 0) is 4.79 Å². The van der Waals surface area contributed by atoms with E-state index in [1.54, 1.807) is 18.2 Å². The van der Waals surface area contributed by atoms with E-state index in [9.17, 15) is 9.59 Å². The SMILES string of the molecule is O=C1CNC(=O)N1c1cccc(Br)c1. The molecule has 0 radical (unpaired) electrons. The highest BCUT2D eigenvalue weighted by molar-refractivity contribution is 9.10. The molecule has 72 valence electrons. The van der Waals surface area contributed by atoms with E-state index in [0.29, 0.717) is 5.69 Å². The number of carbonyl (C=O) groups excluding carboxylic acids is 2. The minimum atomic E-state index is -0.367. The maximum absolute atomic E-state index is 11.3. The van der Waals surface area contributed by atoms with Gasteiger partial charge in [0, 0.05) is 4.47 Å². The summed E-state index contributed by atoms with van der Waals surface area (Å²) in [6, 6.07) is 6.68. The summed E-state index contributed by atoms with van der Waals surface area (Å²) in [5.74, 6) is -0.229. The molecule has 1 aliphatic heterocycles. The van der Waals surface area contributed by atoms with Crippen molar-refractivity contribution in [2.24, 2.45) is 0 Å². The number of hydrogen-bond acceptors (Lipinski definition) is 2. The number of nitrogens with zero attached hydrogens (tertiary/aromatic N) is 1. The minimum absolute atomic E-state index is 0.0747. The Balaban J connectivity index is 2.39. The molecular weight excluding hydrogens is 248 g/mol. The van der Waals surface area contributed by atoms with Crippen molar-refractivity contribution >= 4 is 33.6 Å². The van der Waals surface area contributed by atoms with Gasteiger partial charge >= 0.3 is 6.03 Å². The molecule has 0 bridgehead atoms. The van der Waals surface area contributed by atoms with Gasteiger partial charge in [-0.1, -0.05) is 22.0 Å². The fourth-order valence-corrected chi connectivity index (χ4v) is 1.69. The summed E-state index contributed by atoms with van der Waals surface area (Å²) in [4.78, 5) is 23.7. The molecule has 1 aromatic rings. The standard InChI is InChI=1S/C9H7BrN2O2/c10-6-2-1-3-7(4-6)12-8(13)5-11-9(12)14/h1-4H,5H2,(H,11,14). The zero-order valence-electron chi connectivity index (χ0n) is 7.16. The van der Waals surface area contributed by atoms with Crippen LogP contribution in [0.4, 0.5) is 10.5 Å². The molecule has 0 saturated carbocycles. The zero-order valence-corrected chi connectivity index (χ0v) is 8.74. The van der Waals surface area contributed by atoms with E-state index in [2.05, 4.69) is 21.2 Å². The average molecular weight is 255 g/mol. The van der Waals surface area contributed by atoms with Gasteiger partial charge < -0.3 is 5.32 Å². The molecule has 1 fully saturated rings. The predicted molar refractivity (Wildman–Crippen MR) is 55.0 cm³/mol. The molecule has 0 aromatic heterocycles. The van der Waals surface area contributed by atoms with Crippen molar-refractivity contribution in [2.75, 3.05) is 11.4 Å². The number of hydrogen-bond donors (Lipinski definition) is 1. The molecule has 3 amide bonds. The van der Waals surface area contributed by atoms with Crippen LogP contribution in [0.3, 0.4) is 0 Å². The number of nitrogens with one attached hydrogen (secondary N) is 1. The third-order valence-corrected chi connectivity index (χ3v) is 2.40. The van der Waals surface area contributed by atoms with Crippen LogP contribution in [0.15, 0.2) is 28.7 Å². The van der Waals surface area contributed by atoms with Crippen molar-refractivity contribution in [2.45, 2.75) is 0 Å². The smallest absolute Gasteiger partial charge is 0.328 e. The summed E-state index contributed by atoms with van der Waals surface area (Å²) in [7, 11) is 0. The molecular formula is C9H7BrN2O2. The molecule has 0 atom stereocenters. The van der Waals surface area contributed by atoms with Gasteiger partial charge in [-0.25, -0.2) is 9.69 Å². The van der Waals surface area contributed by atoms with E-state index in [-0.39, 0.29) is 18.5 Å². The van der Waals surface area contributed by atoms with Gasteiger partial charge in [0.1, 0.15) is 0 Å². The topological polar surface area (TPSA) is 49.4 Å². The summed E-state index contributed by atoms with van der Waals surface area (Å²) in [6.45, 7) is 0.0747. The van der Waals surface area contributed by atoms with Crippen molar-refractivity contribution in [1.29, 1.82) is 0 Å². The Morgan fingerprint density at radius 1 is 1.36 bits per heavy atom. The van der Waals surface area contributed by atoms with Crippen LogP contribution >= 0.6 is 15.9 Å². The summed E-state index contributed by atoms with van der Waals surface area (Å²) >= 11 is 3.28. The lowest BCUT2D eigenvalue weighted by atomic mass is 10.3. The van der Waals surface area contributed by atoms with Crippen molar-refractivity contribution in [3.8, 4) is 0 Å². The van der Waals surface area contributed by atoms with Gasteiger partial charge in [0.2, 0.25) is 0 Å². The fourth-order valence-electron chi connectivity index (χ4n) is 1.30. The van der Waals surface area contributed by atoms with Crippen molar-refractivity contribution in [1.82, 2.24) is 5.32 Å². The second-order valence-electron chi connectivity index (χ2n) is 2.87. The Hall–Kier alpha value is -1.36. The Kier molecular flexibility index (Phi) is 2.25. The van der Waals surface area contributed by atoms with Gasteiger partial charge in [-0.3, -0.25) is 4.79 Å². The molecule has 2 rings (SSSR count). The summed E-state index contributed by atoms with van der Waals surface area (Å²) in [6.07, 6.45) is 0. The Morgan fingerprint density at radius 3 is 2.71 bits per heavy atom. The second kappa shape index (κ2) is 3.42. The van der Waals surface area contributed by atoms with Gasteiger partial charge in [-0.15, -0.1) is 0 Å². The number of halogens is 1. The number of imide groups is 1. The van der Waals surface area contributed by atoms with Crippen molar-refractivity contribution in [3.05, 3.63) is 28.7 Å². The first-order valence-electron chi connectivity index (χ1n) is 4.05. The Bertz CT molecular complexity index is 390. The van der Waals surface area contributed by atoms with Crippen LogP contribution < -0.4 is 10.2 Å². The molecule has 1 saturated heterocycles. The van der Waals surface area contributed by atoms with Crippen LogP contribution in [-0.4, -0.2) is 18.5 Å². The molecule has 1 aliphatic rings. The van der Waals surface area contributed by atoms with Gasteiger partial charge in [-0.05, 0) is 18.2 Å². The molecule has 0 aliphatic carbocycles. The van der Waals surface area contributed by atoms with E-state index in [1.807, 2.05) is 6.07 Å². The summed E-state index contributed by atoms with van der Waals surface area (Å²) < 4.78 is 0.836. The summed E-state index contributed by atoms with van der Waals surface area (Å²) in [5, 5.41) is 2.46. The van der Waals surface area contributed by atoms with E-state index < -0.39 is 0 Å². The van der Waals surface area contributed by atoms with E-state index in [1.165, 1.54) is 0 Å². The highest BCUT2D eigenvalue weighted by atomic mass is 79.9. The lowest BCUT2D eigenvalue weighted by molar-refractivity contribution is -0.115. The zero-order chi connectivity index (χ0) is 10.1. The lowest BCUT2D eigenvalue weighted by Gasteiger charge is -2.11. The van der Waals surface area contributed by atoms with Crippen molar-refractivity contribution in [3.63, 3.8) is 0 Å². The van der Waals surface area contributed by atoms with Gasteiger partial charge in [0.05, 0.1) is 12.2 Å². The molecule has 5 heteroatoms. The number of carbonyl (C=O) groups is 2. The first kappa shape index (κ1) is 9.21. The predicted octanol–water partition coefficient (Wildman–Crippen LogP) is 1.51. The first-order valence-corrected chi connectivity index (χ1v) is 4.84. The summed E-state index contributed by atoms with van der Waals surface area (Å²) in [5.41, 5.74) is 0.583. The minimum Gasteiger partial charge on any atom is -0.328 e. The number of amides is 3. The van der Waals surface area contributed by atoms with Crippen LogP contribution in [0.5, 0.6) is 0 Å². The van der Waals surface area contributed by atoms with Crippen LogP contribution in [0.2, 0.25) is 0 Å². The number of anilines is 1. The Labute approximate surface area is 89.0 Å². The monoisotopic (exact) mass is 254 g/mol. The number of benzene rings is 1. The largest absolute Gasteiger partial charge is 0.329 e. The highest BCUT2D eigenvalue weighted by Crippen LogP contribution is 2.21. The highest BCUT2D eigenvalue weighted by Gasteiger charge is 2.29. The average Bonchev–Trinajstić information content (AvgIpc) is 2.46. The van der Waals surface area contributed by atoms with Gasteiger partial charge in [-0.2, -0.15) is 0 Å². The van der Waals surface area contributed by atoms with Gasteiger partial charge in [0.25, 0.3) is 5.91 Å². The lowest BCUT2D eigenvalue weighted by Crippen LogP contribution is -2.30. The van der Waals surface area contributed by atoms with E-state index in [4.69, 9.17) is 0 Å². The Morgan fingerprint density at radius 2 is 2.14 bits per heavy atom. The van der Waals surface area contributed by atoms with E-state index >= 15 is 0 Å². The third kappa shape index (κ3) is 1.50. The van der Waals surface area contributed by atoms with E-state index in [0.717, 1.165) is 9.37 Å². The maximum Gasteiger partial charge on any atom is 0.329 e. The fraction of sp³-hybridized carbons (Fsp3) is 0.111. The quantitative estimate of drug-likeness (QED) is 0.773. The number of urea groups is 1. The van der Waals surface area contributed by atoms with Crippen LogP contribution in [0.1, 0.15) is 0 Å². The molecule has 0 spiro atoms. The normalized spacial score (nSPS) is 15.9. The number of rotatable bonds is 1. The van der Waals surface area contributed by atoms with Crippen LogP contribution in [0, 0.1) is 0 Å². The second-order valence-corrected chi connectivity index (χ2v) is 3.78. The maximum atomic E-state index is 11.3. The molecule has 4 nitrogen and oxygen atoms in total. The van der Waals surface area contributed by atoms with Gasteiger partial charge in [0.15, 0.2) is 0 Å². The first-order chi connectivity index (χ1) is 6.68. The molecule has 1 heterocycles. The third-order valence-electron chi connectivity index (χ3n) is 1.91. The molecule has 14 heavy (non-hydrogen) atoms. The molecule has 1 aromatic carbocycles. The van der Waals surface area contributed by atoms with Crippen molar-refractivity contribution < 1.29 is 9.59 Å².